The van der Waals surface area contributed by atoms with E-state index in [0.717, 1.165) is 0 Å². The average Bonchev–Trinajstić information content (AvgIpc) is 3.25. The van der Waals surface area contributed by atoms with Gasteiger partial charge in [0.2, 0.25) is 10.0 Å². The summed E-state index contributed by atoms with van der Waals surface area (Å²) in [5.74, 6) is -0.966. The van der Waals surface area contributed by atoms with Crippen LogP contribution in [-0.4, -0.2) is 54.8 Å². The van der Waals surface area contributed by atoms with Gasteiger partial charge in [-0.2, -0.15) is 4.31 Å². The van der Waals surface area contributed by atoms with Crippen LogP contribution in [0, 0.1) is 0 Å². The maximum absolute atomic E-state index is 13.1. The van der Waals surface area contributed by atoms with Crippen molar-refractivity contribution in [3.8, 4) is 0 Å². The number of rotatable bonds is 10. The molecule has 0 aliphatic rings. The molecule has 0 saturated carbocycles. The van der Waals surface area contributed by atoms with Gasteiger partial charge in [-0.25, -0.2) is 22.2 Å². The molecule has 2 N–H and O–H groups in total. The zero-order valence-corrected chi connectivity index (χ0v) is 20.4. The van der Waals surface area contributed by atoms with Crippen molar-refractivity contribution in [2.24, 2.45) is 0 Å². The first-order chi connectivity index (χ1) is 16.2. The summed E-state index contributed by atoms with van der Waals surface area (Å²) in [6, 6.07) is 9.10. The molecule has 3 rings (SSSR count). The number of hydrogen-bond donors (Lipinski definition) is 2. The Morgan fingerprint density at radius 1 is 1.03 bits per heavy atom. The second-order valence-corrected chi connectivity index (χ2v) is 9.49. The van der Waals surface area contributed by atoms with E-state index in [0.29, 0.717) is 48.6 Å². The molecule has 34 heavy (non-hydrogen) atoms. The number of sulfonamides is 1. The molecule has 0 fully saturated rings. The van der Waals surface area contributed by atoms with E-state index in [2.05, 4.69) is 15.3 Å². The highest BCUT2D eigenvalue weighted by Gasteiger charge is 2.24. The van der Waals surface area contributed by atoms with Crippen LogP contribution in [-0.2, 0) is 10.0 Å². The molecule has 1 heterocycles. The minimum absolute atomic E-state index is 0.0769. The number of aromatic nitrogens is 2. The first-order valence-corrected chi connectivity index (χ1v) is 12.6. The van der Waals surface area contributed by atoms with E-state index >= 15 is 0 Å². The van der Waals surface area contributed by atoms with Gasteiger partial charge in [-0.3, -0.25) is 4.79 Å². The molecule has 0 unspecified atom stereocenters. The van der Waals surface area contributed by atoms with Gasteiger partial charge < -0.3 is 15.2 Å². The zero-order chi connectivity index (χ0) is 25.0. The van der Waals surface area contributed by atoms with Gasteiger partial charge in [-0.1, -0.05) is 13.8 Å². The number of carbonyl (C=O) groups is 1. The summed E-state index contributed by atoms with van der Waals surface area (Å²) in [5, 5.41) is 2.81. The smallest absolute Gasteiger partial charge is 0.295 e. The quantitative estimate of drug-likeness (QED) is 0.429. The fourth-order valence-corrected chi connectivity index (χ4v) is 5.28. The lowest BCUT2D eigenvalue weighted by Crippen LogP contribution is -2.31. The predicted octanol–water partition coefficient (Wildman–Crippen LogP) is 4.63. The Balaban J connectivity index is 2.02. The molecule has 2 aromatic carbocycles. The maximum Gasteiger partial charge on any atom is 0.295 e. The van der Waals surface area contributed by atoms with Crippen LogP contribution in [0.2, 0.25) is 0 Å². The van der Waals surface area contributed by atoms with E-state index in [-0.39, 0.29) is 10.5 Å². The highest BCUT2D eigenvalue weighted by Crippen LogP contribution is 2.31. The minimum Gasteiger partial charge on any atom is -0.370 e. The number of anilines is 2. The lowest BCUT2D eigenvalue weighted by Gasteiger charge is -2.26. The second kappa shape index (κ2) is 10.5. The number of halogens is 2. The summed E-state index contributed by atoms with van der Waals surface area (Å²) in [5.41, 5.74) is 1.88. The summed E-state index contributed by atoms with van der Waals surface area (Å²) < 4.78 is 53.4. The molecule has 1 aromatic heterocycles. The molecule has 0 radical (unpaired) electrons. The summed E-state index contributed by atoms with van der Waals surface area (Å²) in [7, 11) is -3.74. The Morgan fingerprint density at radius 3 is 2.29 bits per heavy atom. The van der Waals surface area contributed by atoms with Gasteiger partial charge in [0.15, 0.2) is 5.82 Å². The predicted molar refractivity (Wildman–Crippen MR) is 129 cm³/mol. The Kier molecular flexibility index (Phi) is 7.88. The summed E-state index contributed by atoms with van der Waals surface area (Å²) in [6.45, 7) is 9.39. The maximum atomic E-state index is 13.1. The number of hydrogen-bond acceptors (Lipinski definition) is 5. The van der Waals surface area contributed by atoms with Crippen molar-refractivity contribution < 1.29 is 22.0 Å². The Hall–Kier alpha value is -3.05. The first kappa shape index (κ1) is 25.6. The normalized spacial score (nSPS) is 12.0. The van der Waals surface area contributed by atoms with Crippen LogP contribution in [0.1, 0.15) is 50.3 Å². The molecule has 0 aliphatic carbocycles. The van der Waals surface area contributed by atoms with Gasteiger partial charge in [0, 0.05) is 31.7 Å². The summed E-state index contributed by atoms with van der Waals surface area (Å²) in [6.07, 6.45) is -2.75. The van der Waals surface area contributed by atoms with Gasteiger partial charge in [0.05, 0.1) is 27.3 Å². The molecule has 184 valence electrons. The molecule has 0 bridgehead atoms. The van der Waals surface area contributed by atoms with Crippen LogP contribution in [0.3, 0.4) is 0 Å². The van der Waals surface area contributed by atoms with E-state index in [1.165, 1.54) is 28.6 Å². The van der Waals surface area contributed by atoms with E-state index in [1.54, 1.807) is 26.0 Å². The zero-order valence-electron chi connectivity index (χ0n) is 19.6. The number of aromatic amines is 1. The van der Waals surface area contributed by atoms with Crippen LogP contribution in [0.25, 0.3) is 11.0 Å². The van der Waals surface area contributed by atoms with Gasteiger partial charge in [-0.15, -0.1) is 0 Å². The third kappa shape index (κ3) is 5.05. The molecular formula is C23H29F2N5O3S. The molecule has 0 spiro atoms. The van der Waals surface area contributed by atoms with Crippen molar-refractivity contribution in [1.82, 2.24) is 14.3 Å². The number of carbonyl (C=O) groups excluding carboxylic acids is 1. The Morgan fingerprint density at radius 2 is 1.71 bits per heavy atom. The number of alkyl halides is 2. The Bertz CT molecular complexity index is 1270. The number of imidazole rings is 1. The molecule has 8 nitrogen and oxygen atoms in total. The molecule has 0 aliphatic heterocycles. The second-order valence-electron chi connectivity index (χ2n) is 7.55. The number of fused-ring (bicyclic) bond motifs is 1. The van der Waals surface area contributed by atoms with Crippen LogP contribution >= 0.6 is 0 Å². The van der Waals surface area contributed by atoms with Crippen LogP contribution in [0.5, 0.6) is 0 Å². The van der Waals surface area contributed by atoms with Crippen LogP contribution in [0.4, 0.5) is 20.2 Å². The molecule has 0 atom stereocenters. The van der Waals surface area contributed by atoms with Gasteiger partial charge in [0.1, 0.15) is 0 Å². The number of amides is 1. The largest absolute Gasteiger partial charge is 0.370 e. The number of nitrogens with zero attached hydrogens (tertiary/aromatic N) is 3. The molecular weight excluding hydrogens is 464 g/mol. The lowest BCUT2D eigenvalue weighted by atomic mass is 10.1. The van der Waals surface area contributed by atoms with Crippen molar-refractivity contribution in [2.75, 3.05) is 36.4 Å². The number of benzene rings is 2. The SMILES string of the molecule is CCN(CC)c1ccc(S(=O)(=O)N(CC)CC)cc1NC(=O)c1ccc2nc(C(F)F)[nH]c2c1. The molecule has 1 amide bonds. The van der Waals surface area contributed by atoms with Gasteiger partial charge in [-0.05, 0) is 50.2 Å². The van der Waals surface area contributed by atoms with Gasteiger partial charge >= 0.3 is 0 Å². The lowest BCUT2D eigenvalue weighted by molar-refractivity contribution is 0.102. The van der Waals surface area contributed by atoms with E-state index in [9.17, 15) is 22.0 Å². The minimum atomic E-state index is -3.74. The van der Waals surface area contributed by atoms with Crippen molar-refractivity contribution >= 4 is 38.3 Å². The topological polar surface area (TPSA) is 98.4 Å². The molecule has 11 heteroatoms. The molecule has 0 saturated heterocycles. The van der Waals surface area contributed by atoms with E-state index in [1.807, 2.05) is 18.7 Å². The number of H-pyrrole nitrogens is 1. The first-order valence-electron chi connectivity index (χ1n) is 11.1. The van der Waals surface area contributed by atoms with Gasteiger partial charge in [0.25, 0.3) is 12.3 Å². The van der Waals surface area contributed by atoms with Crippen LogP contribution < -0.4 is 10.2 Å². The van der Waals surface area contributed by atoms with Crippen molar-refractivity contribution in [2.45, 2.75) is 39.0 Å². The van der Waals surface area contributed by atoms with Crippen molar-refractivity contribution in [3.05, 3.63) is 47.8 Å². The van der Waals surface area contributed by atoms with Crippen molar-refractivity contribution in [1.29, 1.82) is 0 Å². The average molecular weight is 494 g/mol. The third-order valence-electron chi connectivity index (χ3n) is 5.63. The van der Waals surface area contributed by atoms with Crippen molar-refractivity contribution in [3.63, 3.8) is 0 Å². The fraction of sp³-hybridized carbons (Fsp3) is 0.391. The number of nitrogens with one attached hydrogen (secondary N) is 2. The highest BCUT2D eigenvalue weighted by atomic mass is 32.2. The standard InChI is InChI=1S/C23H29F2N5O3S/c1-5-29(6-2)20-12-10-16(34(32,33)30(7-3)8-4)14-19(20)28-23(31)15-9-11-17-18(13-15)27-22(26-17)21(24)25/h9-14,21H,5-8H2,1-4H3,(H,26,27)(H,28,31). The third-order valence-corrected chi connectivity index (χ3v) is 7.68. The fourth-order valence-electron chi connectivity index (χ4n) is 3.80. The van der Waals surface area contributed by atoms with Crippen LogP contribution in [0.15, 0.2) is 41.3 Å². The highest BCUT2D eigenvalue weighted by molar-refractivity contribution is 7.89. The molecule has 3 aromatic rings. The van der Waals surface area contributed by atoms with E-state index < -0.39 is 28.2 Å². The summed E-state index contributed by atoms with van der Waals surface area (Å²) >= 11 is 0. The monoisotopic (exact) mass is 493 g/mol. The van der Waals surface area contributed by atoms with E-state index in [4.69, 9.17) is 0 Å². The summed E-state index contributed by atoms with van der Waals surface area (Å²) in [4.78, 5) is 21.5. The Labute approximate surface area is 198 Å².